The summed E-state index contributed by atoms with van der Waals surface area (Å²) in [6.07, 6.45) is 2.57. The first-order chi connectivity index (χ1) is 11.2. The molecule has 23 heavy (non-hydrogen) atoms. The average molecular weight is 350 g/mol. The average Bonchev–Trinajstić information content (AvgIpc) is 3.02. The number of thiazole rings is 1. The van der Waals surface area contributed by atoms with Crippen LogP contribution >= 0.6 is 23.1 Å². The van der Waals surface area contributed by atoms with E-state index in [1.54, 1.807) is 16.2 Å². The highest BCUT2D eigenvalue weighted by atomic mass is 32.2. The quantitative estimate of drug-likeness (QED) is 0.627. The third-order valence-electron chi connectivity index (χ3n) is 3.89. The van der Waals surface area contributed by atoms with Crippen molar-refractivity contribution in [2.45, 2.75) is 29.6 Å². The van der Waals surface area contributed by atoms with Crippen LogP contribution in [0, 0.1) is 0 Å². The first-order valence-electron chi connectivity index (χ1n) is 7.54. The molecule has 1 unspecified atom stereocenters. The van der Waals surface area contributed by atoms with Crippen LogP contribution in [0.4, 0.5) is 0 Å². The lowest BCUT2D eigenvalue weighted by Crippen LogP contribution is -2.49. The molecule has 7 heteroatoms. The zero-order valence-corrected chi connectivity index (χ0v) is 14.5. The van der Waals surface area contributed by atoms with Crippen molar-refractivity contribution in [2.24, 2.45) is 0 Å². The van der Waals surface area contributed by atoms with Crippen molar-refractivity contribution in [3.63, 3.8) is 0 Å². The summed E-state index contributed by atoms with van der Waals surface area (Å²) >= 11 is 3.02. The number of nitrogens with zero attached hydrogens (tertiary/aromatic N) is 2. The van der Waals surface area contributed by atoms with E-state index in [1.807, 2.05) is 24.3 Å². The van der Waals surface area contributed by atoms with Crippen molar-refractivity contribution in [3.05, 3.63) is 24.3 Å². The van der Waals surface area contributed by atoms with E-state index in [0.29, 0.717) is 18.7 Å². The van der Waals surface area contributed by atoms with Gasteiger partial charge in [-0.25, -0.2) is 9.78 Å². The maximum Gasteiger partial charge on any atom is 0.328 e. The molecule has 2 heterocycles. The van der Waals surface area contributed by atoms with Gasteiger partial charge in [0.05, 0.1) is 23.1 Å². The molecule has 1 aromatic carbocycles. The highest BCUT2D eigenvalue weighted by Crippen LogP contribution is 2.30. The third kappa shape index (κ3) is 3.67. The second kappa shape index (κ2) is 7.31. The predicted octanol–water partition coefficient (Wildman–Crippen LogP) is 2.94. The highest BCUT2D eigenvalue weighted by molar-refractivity contribution is 8.01. The molecule has 0 aliphatic carbocycles. The first-order valence-corrected chi connectivity index (χ1v) is 9.35. The number of amides is 1. The normalized spacial score (nSPS) is 18.1. The molecule has 1 aliphatic rings. The van der Waals surface area contributed by atoms with E-state index < -0.39 is 6.04 Å². The minimum Gasteiger partial charge on any atom is -0.467 e. The summed E-state index contributed by atoms with van der Waals surface area (Å²) in [5, 5.41) is 0. The van der Waals surface area contributed by atoms with Gasteiger partial charge in [0.15, 0.2) is 4.34 Å². The molecule has 3 rings (SSSR count). The molecule has 0 N–H and O–H groups in total. The zero-order chi connectivity index (χ0) is 16.2. The molecule has 0 bridgehead atoms. The van der Waals surface area contributed by atoms with Gasteiger partial charge in [-0.15, -0.1) is 11.3 Å². The molecule has 1 aromatic heterocycles. The van der Waals surface area contributed by atoms with Crippen LogP contribution in [0.1, 0.15) is 19.3 Å². The lowest BCUT2D eigenvalue weighted by molar-refractivity contribution is -0.153. The number of hydrogen-bond acceptors (Lipinski definition) is 6. The third-order valence-corrected chi connectivity index (χ3v) is 6.05. The Bertz CT molecular complexity index is 683. The van der Waals surface area contributed by atoms with E-state index in [1.165, 1.54) is 18.9 Å². The number of benzene rings is 1. The largest absolute Gasteiger partial charge is 0.467 e. The summed E-state index contributed by atoms with van der Waals surface area (Å²) in [4.78, 5) is 30.5. The fraction of sp³-hybridized carbons (Fsp3) is 0.438. The number of ether oxygens (including phenoxy) is 1. The maximum absolute atomic E-state index is 12.5. The van der Waals surface area contributed by atoms with Gasteiger partial charge < -0.3 is 9.64 Å². The number of carbonyl (C=O) groups excluding carboxylic acids is 2. The van der Waals surface area contributed by atoms with Gasteiger partial charge in [-0.2, -0.15) is 0 Å². The van der Waals surface area contributed by atoms with Crippen LogP contribution in [0.25, 0.3) is 10.2 Å². The van der Waals surface area contributed by atoms with Crippen LogP contribution in [0.3, 0.4) is 0 Å². The monoisotopic (exact) mass is 350 g/mol. The Labute approximate surface area is 143 Å². The standard InChI is InChI=1S/C16H18N2O3S2/c1-21-15(20)12-7-4-5-9-18(12)14(19)10-22-16-17-11-6-2-3-8-13(11)23-16/h2-3,6,8,12H,4-5,7,9-10H2,1H3. The minimum absolute atomic E-state index is 0.0237. The van der Waals surface area contributed by atoms with Crippen LogP contribution in [-0.2, 0) is 14.3 Å². The van der Waals surface area contributed by atoms with Crippen molar-refractivity contribution < 1.29 is 14.3 Å². The Morgan fingerprint density at radius 3 is 3.00 bits per heavy atom. The molecular weight excluding hydrogens is 332 g/mol. The molecule has 1 amide bonds. The Balaban J connectivity index is 1.64. The summed E-state index contributed by atoms with van der Waals surface area (Å²) in [6, 6.07) is 7.50. The Kier molecular flexibility index (Phi) is 5.17. The number of hydrogen-bond donors (Lipinski definition) is 0. The van der Waals surface area contributed by atoms with Gasteiger partial charge in [-0.1, -0.05) is 23.9 Å². The van der Waals surface area contributed by atoms with Gasteiger partial charge in [0.2, 0.25) is 5.91 Å². The SMILES string of the molecule is COC(=O)C1CCCCN1C(=O)CSc1nc2ccccc2s1. The molecule has 1 saturated heterocycles. The van der Waals surface area contributed by atoms with Crippen LogP contribution in [-0.4, -0.2) is 47.2 Å². The molecular formula is C16H18N2O3S2. The minimum atomic E-state index is -0.433. The molecule has 1 atom stereocenters. The van der Waals surface area contributed by atoms with Gasteiger partial charge in [0, 0.05) is 6.54 Å². The van der Waals surface area contributed by atoms with Crippen LogP contribution in [0.5, 0.6) is 0 Å². The fourth-order valence-electron chi connectivity index (χ4n) is 2.73. The van der Waals surface area contributed by atoms with E-state index >= 15 is 0 Å². The zero-order valence-electron chi connectivity index (χ0n) is 12.9. The van der Waals surface area contributed by atoms with Gasteiger partial charge in [-0.3, -0.25) is 4.79 Å². The Morgan fingerprint density at radius 1 is 1.39 bits per heavy atom. The Hall–Kier alpha value is -1.60. The second-order valence-electron chi connectivity index (χ2n) is 5.36. The molecule has 0 spiro atoms. The van der Waals surface area contributed by atoms with Crippen molar-refractivity contribution in [1.29, 1.82) is 0 Å². The molecule has 0 radical (unpaired) electrons. The Morgan fingerprint density at radius 2 is 2.22 bits per heavy atom. The summed E-state index contributed by atoms with van der Waals surface area (Å²) in [7, 11) is 1.37. The number of para-hydroxylation sites is 1. The van der Waals surface area contributed by atoms with E-state index in [2.05, 4.69) is 4.98 Å². The van der Waals surface area contributed by atoms with E-state index in [0.717, 1.165) is 27.4 Å². The number of esters is 1. The van der Waals surface area contributed by atoms with Gasteiger partial charge >= 0.3 is 5.97 Å². The molecule has 1 fully saturated rings. The van der Waals surface area contributed by atoms with Gasteiger partial charge in [0.25, 0.3) is 0 Å². The van der Waals surface area contributed by atoms with Crippen LogP contribution < -0.4 is 0 Å². The number of piperidine rings is 1. The summed E-state index contributed by atoms with van der Waals surface area (Å²) < 4.78 is 6.82. The van der Waals surface area contributed by atoms with Crippen LogP contribution in [0.15, 0.2) is 28.6 Å². The van der Waals surface area contributed by atoms with Crippen molar-refractivity contribution in [2.75, 3.05) is 19.4 Å². The molecule has 0 saturated carbocycles. The number of fused-ring (bicyclic) bond motifs is 1. The molecule has 5 nitrogen and oxygen atoms in total. The van der Waals surface area contributed by atoms with E-state index in [9.17, 15) is 9.59 Å². The number of rotatable bonds is 4. The van der Waals surface area contributed by atoms with Crippen molar-refractivity contribution >= 4 is 45.2 Å². The summed E-state index contributed by atoms with van der Waals surface area (Å²) in [5.74, 6) is -0.0415. The lowest BCUT2D eigenvalue weighted by atomic mass is 10.0. The number of methoxy groups -OCH3 is 1. The van der Waals surface area contributed by atoms with E-state index in [4.69, 9.17) is 4.74 Å². The van der Waals surface area contributed by atoms with Crippen LogP contribution in [0.2, 0.25) is 0 Å². The van der Waals surface area contributed by atoms with E-state index in [-0.39, 0.29) is 11.9 Å². The maximum atomic E-state index is 12.5. The fourth-order valence-corrected chi connectivity index (χ4v) is 4.68. The molecule has 2 aromatic rings. The second-order valence-corrected chi connectivity index (χ2v) is 7.61. The number of aromatic nitrogens is 1. The number of likely N-dealkylation sites (tertiary alicyclic amines) is 1. The first kappa shape index (κ1) is 16.3. The van der Waals surface area contributed by atoms with Crippen molar-refractivity contribution in [1.82, 2.24) is 9.88 Å². The topological polar surface area (TPSA) is 59.5 Å². The van der Waals surface area contributed by atoms with Crippen molar-refractivity contribution in [3.8, 4) is 0 Å². The van der Waals surface area contributed by atoms with Gasteiger partial charge in [0.1, 0.15) is 6.04 Å². The number of thioether (sulfide) groups is 1. The summed E-state index contributed by atoms with van der Waals surface area (Å²) in [5.41, 5.74) is 0.956. The highest BCUT2D eigenvalue weighted by Gasteiger charge is 2.32. The smallest absolute Gasteiger partial charge is 0.328 e. The summed E-state index contributed by atoms with van der Waals surface area (Å²) in [6.45, 7) is 0.624. The lowest BCUT2D eigenvalue weighted by Gasteiger charge is -2.33. The molecule has 1 aliphatic heterocycles. The molecule has 122 valence electrons. The predicted molar refractivity (Wildman–Crippen MR) is 91.7 cm³/mol. The van der Waals surface area contributed by atoms with Gasteiger partial charge in [-0.05, 0) is 31.4 Å². The number of carbonyl (C=O) groups is 2.